The fourth-order valence-electron chi connectivity index (χ4n) is 2.45. The number of cyclic esters (lactones) is 1. The number of ether oxygens (including phenoxy) is 1. The molecular formula is C16H15NO2. The summed E-state index contributed by atoms with van der Waals surface area (Å²) in [6.07, 6.45) is 0.538. The van der Waals surface area contributed by atoms with Gasteiger partial charge in [0.1, 0.15) is 0 Å². The molecule has 1 fully saturated rings. The van der Waals surface area contributed by atoms with E-state index in [-0.39, 0.29) is 12.1 Å². The number of anilines is 1. The summed E-state index contributed by atoms with van der Waals surface area (Å²) in [5.41, 5.74) is 2.02. The molecule has 0 N–H and O–H groups in total. The summed E-state index contributed by atoms with van der Waals surface area (Å²) in [6, 6.07) is 19.8. The number of carbonyl (C=O) groups excluding carboxylic acids is 1. The Labute approximate surface area is 112 Å². The predicted octanol–water partition coefficient (Wildman–Crippen LogP) is 3.77. The third kappa shape index (κ3) is 2.32. The molecule has 1 unspecified atom stereocenters. The summed E-state index contributed by atoms with van der Waals surface area (Å²) in [7, 11) is 0. The number of para-hydroxylation sites is 1. The molecule has 3 nitrogen and oxygen atoms in total. The summed E-state index contributed by atoms with van der Waals surface area (Å²) >= 11 is 0. The average Bonchev–Trinajstić information content (AvgIpc) is 2.49. The minimum Gasteiger partial charge on any atom is -0.449 e. The first-order chi connectivity index (χ1) is 9.36. The number of hydrogen-bond acceptors (Lipinski definition) is 2. The molecule has 1 heterocycles. The van der Waals surface area contributed by atoms with Crippen LogP contribution < -0.4 is 4.90 Å². The second kappa shape index (κ2) is 5.14. The van der Waals surface area contributed by atoms with Crippen LogP contribution in [0.2, 0.25) is 0 Å². The summed E-state index contributed by atoms with van der Waals surface area (Å²) in [5, 5.41) is 0. The van der Waals surface area contributed by atoms with Crippen molar-refractivity contribution < 1.29 is 9.53 Å². The van der Waals surface area contributed by atoms with E-state index in [2.05, 4.69) is 12.1 Å². The smallest absolute Gasteiger partial charge is 0.414 e. The van der Waals surface area contributed by atoms with E-state index in [1.807, 2.05) is 48.5 Å². The Morgan fingerprint density at radius 1 is 0.947 bits per heavy atom. The van der Waals surface area contributed by atoms with Crippen molar-refractivity contribution in [2.75, 3.05) is 11.5 Å². The topological polar surface area (TPSA) is 29.5 Å². The molecule has 96 valence electrons. The number of benzene rings is 2. The Kier molecular flexibility index (Phi) is 3.19. The highest BCUT2D eigenvalue weighted by Gasteiger charge is 2.31. The zero-order chi connectivity index (χ0) is 13.1. The fourth-order valence-corrected chi connectivity index (χ4v) is 2.45. The van der Waals surface area contributed by atoms with E-state index in [4.69, 9.17) is 4.74 Å². The van der Waals surface area contributed by atoms with E-state index in [9.17, 15) is 4.79 Å². The van der Waals surface area contributed by atoms with Crippen LogP contribution in [0.5, 0.6) is 0 Å². The van der Waals surface area contributed by atoms with Gasteiger partial charge in [-0.05, 0) is 17.7 Å². The normalized spacial score (nSPS) is 19.1. The van der Waals surface area contributed by atoms with Crippen molar-refractivity contribution in [2.45, 2.75) is 12.5 Å². The van der Waals surface area contributed by atoms with Gasteiger partial charge in [-0.3, -0.25) is 4.90 Å². The van der Waals surface area contributed by atoms with Crippen LogP contribution in [0, 0.1) is 0 Å². The van der Waals surface area contributed by atoms with E-state index in [1.165, 1.54) is 0 Å². The van der Waals surface area contributed by atoms with Gasteiger partial charge in [-0.25, -0.2) is 4.79 Å². The Balaban J connectivity index is 1.99. The third-order valence-electron chi connectivity index (χ3n) is 3.34. The van der Waals surface area contributed by atoms with Crippen molar-refractivity contribution >= 4 is 11.8 Å². The number of rotatable bonds is 2. The zero-order valence-electron chi connectivity index (χ0n) is 10.5. The summed E-state index contributed by atoms with van der Waals surface area (Å²) in [6.45, 7) is 0.474. The lowest BCUT2D eigenvalue weighted by atomic mass is 10.0. The molecular weight excluding hydrogens is 238 g/mol. The van der Waals surface area contributed by atoms with E-state index >= 15 is 0 Å². The van der Waals surface area contributed by atoms with Crippen LogP contribution >= 0.6 is 0 Å². The van der Waals surface area contributed by atoms with E-state index in [0.29, 0.717) is 6.61 Å². The fraction of sp³-hybridized carbons (Fsp3) is 0.188. The van der Waals surface area contributed by atoms with Crippen molar-refractivity contribution in [3.8, 4) is 0 Å². The summed E-state index contributed by atoms with van der Waals surface area (Å²) in [5.74, 6) is 0. The van der Waals surface area contributed by atoms with Gasteiger partial charge in [-0.1, -0.05) is 48.5 Å². The second-order valence-electron chi connectivity index (χ2n) is 4.54. The lowest BCUT2D eigenvalue weighted by molar-refractivity contribution is 0.129. The van der Waals surface area contributed by atoms with Gasteiger partial charge in [0.25, 0.3) is 0 Å². The van der Waals surface area contributed by atoms with E-state index in [1.54, 1.807) is 4.90 Å². The van der Waals surface area contributed by atoms with Crippen molar-refractivity contribution in [3.63, 3.8) is 0 Å². The van der Waals surface area contributed by atoms with Crippen LogP contribution in [0.4, 0.5) is 10.5 Å². The Hall–Kier alpha value is -2.29. The highest BCUT2D eigenvalue weighted by molar-refractivity contribution is 5.89. The molecule has 3 heteroatoms. The lowest BCUT2D eigenvalue weighted by Gasteiger charge is -2.35. The van der Waals surface area contributed by atoms with Crippen LogP contribution in [-0.2, 0) is 4.74 Å². The Morgan fingerprint density at radius 3 is 2.26 bits per heavy atom. The van der Waals surface area contributed by atoms with Crippen molar-refractivity contribution in [3.05, 3.63) is 66.2 Å². The molecule has 1 amide bonds. The monoisotopic (exact) mass is 253 g/mol. The molecule has 2 aromatic carbocycles. The zero-order valence-corrected chi connectivity index (χ0v) is 10.5. The largest absolute Gasteiger partial charge is 0.449 e. The molecule has 1 atom stereocenters. The maximum absolute atomic E-state index is 12.1. The molecule has 0 radical (unpaired) electrons. The Bertz CT molecular complexity index is 553. The SMILES string of the molecule is O=C1OCCC(c2ccccc2)N1c1ccccc1. The molecule has 1 saturated heterocycles. The molecule has 2 aromatic rings. The molecule has 19 heavy (non-hydrogen) atoms. The second-order valence-corrected chi connectivity index (χ2v) is 4.54. The number of amides is 1. The van der Waals surface area contributed by atoms with Crippen molar-refractivity contribution in [1.29, 1.82) is 0 Å². The Morgan fingerprint density at radius 2 is 1.58 bits per heavy atom. The van der Waals surface area contributed by atoms with Crippen molar-refractivity contribution in [2.24, 2.45) is 0 Å². The maximum atomic E-state index is 12.1. The van der Waals surface area contributed by atoms with Gasteiger partial charge in [0, 0.05) is 12.1 Å². The minimum atomic E-state index is -0.272. The highest BCUT2D eigenvalue weighted by Crippen LogP contribution is 2.33. The highest BCUT2D eigenvalue weighted by atomic mass is 16.6. The molecule has 0 aliphatic carbocycles. The summed E-state index contributed by atoms with van der Waals surface area (Å²) in [4.78, 5) is 13.8. The predicted molar refractivity (Wildman–Crippen MR) is 74.1 cm³/mol. The van der Waals surface area contributed by atoms with Gasteiger partial charge in [0.05, 0.1) is 12.6 Å². The van der Waals surface area contributed by atoms with Crippen LogP contribution in [0.25, 0.3) is 0 Å². The van der Waals surface area contributed by atoms with Gasteiger partial charge >= 0.3 is 6.09 Å². The molecule has 0 spiro atoms. The lowest BCUT2D eigenvalue weighted by Crippen LogP contribution is -2.40. The third-order valence-corrected chi connectivity index (χ3v) is 3.34. The molecule has 0 aromatic heterocycles. The van der Waals surface area contributed by atoms with E-state index < -0.39 is 0 Å². The first-order valence-electron chi connectivity index (χ1n) is 6.42. The van der Waals surface area contributed by atoms with Gasteiger partial charge in [0.15, 0.2) is 0 Å². The van der Waals surface area contributed by atoms with E-state index in [0.717, 1.165) is 17.7 Å². The van der Waals surface area contributed by atoms with Crippen LogP contribution in [0.15, 0.2) is 60.7 Å². The van der Waals surface area contributed by atoms with Crippen molar-refractivity contribution in [1.82, 2.24) is 0 Å². The van der Waals surface area contributed by atoms with Gasteiger partial charge in [-0.2, -0.15) is 0 Å². The van der Waals surface area contributed by atoms with Gasteiger partial charge in [0.2, 0.25) is 0 Å². The van der Waals surface area contributed by atoms with Crippen LogP contribution in [0.1, 0.15) is 18.0 Å². The van der Waals surface area contributed by atoms with Gasteiger partial charge < -0.3 is 4.74 Å². The number of hydrogen-bond donors (Lipinski definition) is 0. The molecule has 3 rings (SSSR count). The van der Waals surface area contributed by atoms with Gasteiger partial charge in [-0.15, -0.1) is 0 Å². The van der Waals surface area contributed by atoms with Crippen LogP contribution in [0.3, 0.4) is 0 Å². The molecule has 1 aliphatic heterocycles. The standard InChI is InChI=1S/C16H15NO2/c18-16-17(14-9-5-2-6-10-14)15(11-12-19-16)13-7-3-1-4-8-13/h1-10,15H,11-12H2. The first kappa shape index (κ1) is 11.8. The maximum Gasteiger partial charge on any atom is 0.414 e. The molecule has 0 bridgehead atoms. The van der Waals surface area contributed by atoms with Crippen LogP contribution in [-0.4, -0.2) is 12.7 Å². The number of nitrogens with zero attached hydrogens (tertiary/aromatic N) is 1. The first-order valence-corrected chi connectivity index (χ1v) is 6.42. The average molecular weight is 253 g/mol. The quantitative estimate of drug-likeness (QED) is 0.815. The number of carbonyl (C=O) groups is 1. The molecule has 0 saturated carbocycles. The minimum absolute atomic E-state index is 0.0462. The molecule has 1 aliphatic rings. The summed E-state index contributed by atoms with van der Waals surface area (Å²) < 4.78 is 5.18.